The van der Waals surface area contributed by atoms with Crippen molar-refractivity contribution in [2.24, 2.45) is 0 Å². The summed E-state index contributed by atoms with van der Waals surface area (Å²) in [6, 6.07) is 3.44. The Bertz CT molecular complexity index is 527. The topological polar surface area (TPSA) is 65.2 Å². The summed E-state index contributed by atoms with van der Waals surface area (Å²) in [6.45, 7) is 2.10. The van der Waals surface area contributed by atoms with Gasteiger partial charge in [-0.05, 0) is 25.0 Å². The lowest BCUT2D eigenvalue weighted by Crippen LogP contribution is -2.30. The van der Waals surface area contributed by atoms with Crippen LogP contribution in [-0.4, -0.2) is 41.3 Å². The minimum atomic E-state index is -0.172. The summed E-state index contributed by atoms with van der Waals surface area (Å²) < 4.78 is 0.440. The summed E-state index contributed by atoms with van der Waals surface area (Å²) in [4.78, 5) is 27.9. The molecule has 102 valence electrons. The maximum absolute atomic E-state index is 11.8. The molecule has 2 heterocycles. The van der Waals surface area contributed by atoms with Crippen molar-refractivity contribution in [2.45, 2.75) is 19.3 Å². The molecule has 0 radical (unpaired) electrons. The molecule has 6 heteroatoms. The number of carbonyl (C=O) groups excluding carboxylic acids is 2. The van der Waals surface area contributed by atoms with Crippen molar-refractivity contribution in [3.05, 3.63) is 28.5 Å². The van der Waals surface area contributed by atoms with Crippen LogP contribution in [0.4, 0.5) is 0 Å². The highest BCUT2D eigenvalue weighted by atomic mass is 32.1. The van der Waals surface area contributed by atoms with Gasteiger partial charge in [-0.15, -0.1) is 0 Å². The Morgan fingerprint density at radius 3 is 3.05 bits per heavy atom. The Kier molecular flexibility index (Phi) is 4.68. The number of aromatic nitrogens is 1. The molecule has 1 saturated heterocycles. The average molecular weight is 279 g/mol. The molecule has 0 saturated carbocycles. The Morgan fingerprint density at radius 2 is 2.37 bits per heavy atom. The Labute approximate surface area is 117 Å². The molecule has 0 atom stereocenters. The Balaban J connectivity index is 1.74. The molecule has 0 aliphatic carbocycles. The second-order valence-corrected chi connectivity index (χ2v) is 4.91. The normalized spacial score (nSPS) is 14.7. The van der Waals surface area contributed by atoms with Gasteiger partial charge in [0.1, 0.15) is 4.64 Å². The van der Waals surface area contributed by atoms with E-state index in [0.717, 1.165) is 19.4 Å². The maximum Gasteiger partial charge on any atom is 0.254 e. The third kappa shape index (κ3) is 3.64. The third-order valence-corrected chi connectivity index (χ3v) is 3.46. The van der Waals surface area contributed by atoms with Crippen LogP contribution in [0.1, 0.15) is 29.6 Å². The summed E-state index contributed by atoms with van der Waals surface area (Å²) in [5, 5.41) is 2.81. The van der Waals surface area contributed by atoms with Gasteiger partial charge in [-0.3, -0.25) is 9.59 Å². The van der Waals surface area contributed by atoms with Gasteiger partial charge in [0.2, 0.25) is 5.91 Å². The van der Waals surface area contributed by atoms with Crippen molar-refractivity contribution in [2.75, 3.05) is 19.6 Å². The van der Waals surface area contributed by atoms with Crippen LogP contribution in [0.25, 0.3) is 0 Å². The highest BCUT2D eigenvalue weighted by Crippen LogP contribution is 2.09. The van der Waals surface area contributed by atoms with E-state index in [9.17, 15) is 9.59 Å². The predicted molar refractivity (Wildman–Crippen MR) is 74.4 cm³/mol. The van der Waals surface area contributed by atoms with E-state index in [-0.39, 0.29) is 11.8 Å². The predicted octanol–water partition coefficient (Wildman–Crippen LogP) is 1.49. The van der Waals surface area contributed by atoms with Crippen LogP contribution in [-0.2, 0) is 4.79 Å². The van der Waals surface area contributed by atoms with Crippen LogP contribution in [0, 0.1) is 4.64 Å². The molecule has 1 fully saturated rings. The number of carbonyl (C=O) groups is 2. The monoisotopic (exact) mass is 279 g/mol. The molecule has 1 aliphatic rings. The second kappa shape index (κ2) is 6.47. The highest BCUT2D eigenvalue weighted by molar-refractivity contribution is 7.71. The number of likely N-dealkylation sites (tertiary alicyclic amines) is 1. The van der Waals surface area contributed by atoms with Crippen molar-refractivity contribution < 1.29 is 9.59 Å². The molecular weight excluding hydrogens is 262 g/mol. The van der Waals surface area contributed by atoms with Crippen molar-refractivity contribution >= 4 is 24.0 Å². The molecule has 2 rings (SSSR count). The zero-order valence-corrected chi connectivity index (χ0v) is 11.5. The number of H-pyrrole nitrogens is 1. The fourth-order valence-corrected chi connectivity index (χ4v) is 2.34. The van der Waals surface area contributed by atoms with E-state index in [1.54, 1.807) is 18.3 Å². The first-order valence-corrected chi connectivity index (χ1v) is 6.83. The van der Waals surface area contributed by atoms with Crippen molar-refractivity contribution in [1.29, 1.82) is 0 Å². The molecule has 1 aliphatic heterocycles. The van der Waals surface area contributed by atoms with E-state index in [0.29, 0.717) is 29.7 Å². The van der Waals surface area contributed by atoms with Gasteiger partial charge in [-0.25, -0.2) is 0 Å². The van der Waals surface area contributed by atoms with Gasteiger partial charge < -0.3 is 15.2 Å². The second-order valence-electron chi connectivity index (χ2n) is 4.51. The number of hydrogen-bond acceptors (Lipinski definition) is 3. The molecule has 2 N–H and O–H groups in total. The fraction of sp³-hybridized carbons (Fsp3) is 0.462. The molecule has 19 heavy (non-hydrogen) atoms. The van der Waals surface area contributed by atoms with Gasteiger partial charge in [-0.1, -0.05) is 12.2 Å². The molecule has 1 aromatic rings. The third-order valence-electron chi connectivity index (χ3n) is 3.12. The summed E-state index contributed by atoms with van der Waals surface area (Å²) in [5.74, 6) is 0.0476. The number of aromatic amines is 1. The summed E-state index contributed by atoms with van der Waals surface area (Å²) in [6.07, 6.45) is 4.06. The standard InChI is InChI=1S/C13H17N3O2S/c17-11-5-2-8-16(11)9-3-7-14-12(18)10-4-1-6-15-13(10)19/h1,4,6H,2-3,5,7-9H2,(H,14,18)(H,15,19). The van der Waals surface area contributed by atoms with Crippen LogP contribution in [0.3, 0.4) is 0 Å². The molecule has 5 nitrogen and oxygen atoms in total. The average Bonchev–Trinajstić information content (AvgIpc) is 2.80. The van der Waals surface area contributed by atoms with Gasteiger partial charge in [0.15, 0.2) is 0 Å². The van der Waals surface area contributed by atoms with Crippen molar-refractivity contribution in [3.8, 4) is 0 Å². The van der Waals surface area contributed by atoms with E-state index in [1.807, 2.05) is 4.90 Å². The molecule has 2 amide bonds. The molecule has 1 aromatic heterocycles. The van der Waals surface area contributed by atoms with Crippen molar-refractivity contribution in [1.82, 2.24) is 15.2 Å². The lowest BCUT2D eigenvalue weighted by molar-refractivity contribution is -0.127. The zero-order chi connectivity index (χ0) is 13.7. The molecular formula is C13H17N3O2S. The lowest BCUT2D eigenvalue weighted by atomic mass is 10.2. The molecule has 0 bridgehead atoms. The first-order valence-electron chi connectivity index (χ1n) is 6.42. The first-order chi connectivity index (χ1) is 9.18. The number of nitrogens with one attached hydrogen (secondary N) is 2. The van der Waals surface area contributed by atoms with Gasteiger partial charge in [0.25, 0.3) is 5.91 Å². The quantitative estimate of drug-likeness (QED) is 0.634. The smallest absolute Gasteiger partial charge is 0.254 e. The highest BCUT2D eigenvalue weighted by Gasteiger charge is 2.19. The molecule has 0 unspecified atom stereocenters. The number of amides is 2. The van der Waals surface area contributed by atoms with Crippen LogP contribution in [0.5, 0.6) is 0 Å². The minimum Gasteiger partial charge on any atom is -0.352 e. The van der Waals surface area contributed by atoms with Crippen LogP contribution in [0.15, 0.2) is 18.3 Å². The molecule has 0 spiro atoms. The number of nitrogens with zero attached hydrogens (tertiary/aromatic N) is 1. The summed E-state index contributed by atoms with van der Waals surface area (Å²) in [7, 11) is 0. The van der Waals surface area contributed by atoms with E-state index >= 15 is 0 Å². The lowest BCUT2D eigenvalue weighted by Gasteiger charge is -2.15. The van der Waals surface area contributed by atoms with E-state index in [2.05, 4.69) is 10.3 Å². The first kappa shape index (κ1) is 13.7. The fourth-order valence-electron chi connectivity index (χ4n) is 2.11. The van der Waals surface area contributed by atoms with E-state index in [4.69, 9.17) is 12.2 Å². The number of pyridine rings is 1. The number of rotatable bonds is 5. The van der Waals surface area contributed by atoms with Crippen LogP contribution >= 0.6 is 12.2 Å². The Morgan fingerprint density at radius 1 is 1.53 bits per heavy atom. The minimum absolute atomic E-state index is 0.172. The summed E-state index contributed by atoms with van der Waals surface area (Å²) >= 11 is 5.04. The van der Waals surface area contributed by atoms with Gasteiger partial charge in [0.05, 0.1) is 5.56 Å². The van der Waals surface area contributed by atoms with Gasteiger partial charge >= 0.3 is 0 Å². The number of hydrogen-bond donors (Lipinski definition) is 2. The zero-order valence-electron chi connectivity index (χ0n) is 10.6. The Hall–Kier alpha value is -1.69. The summed E-state index contributed by atoms with van der Waals surface area (Å²) in [5.41, 5.74) is 0.481. The largest absolute Gasteiger partial charge is 0.352 e. The SMILES string of the molecule is O=C(NCCCN1CCCC1=O)c1ccc[nH]c1=S. The van der Waals surface area contributed by atoms with Crippen LogP contribution < -0.4 is 5.32 Å². The maximum atomic E-state index is 11.8. The van der Waals surface area contributed by atoms with Crippen LogP contribution in [0.2, 0.25) is 0 Å². The van der Waals surface area contributed by atoms with Gasteiger partial charge in [-0.2, -0.15) is 0 Å². The van der Waals surface area contributed by atoms with E-state index in [1.165, 1.54) is 0 Å². The van der Waals surface area contributed by atoms with E-state index < -0.39 is 0 Å². The molecule has 0 aromatic carbocycles. The van der Waals surface area contributed by atoms with Crippen molar-refractivity contribution in [3.63, 3.8) is 0 Å². The van der Waals surface area contributed by atoms with Gasteiger partial charge in [0, 0.05) is 32.3 Å².